The number of benzene rings is 2. The molecule has 0 saturated carbocycles. The van der Waals surface area contributed by atoms with Crippen LogP contribution in [-0.2, 0) is 4.79 Å². The van der Waals surface area contributed by atoms with Crippen LogP contribution in [0.25, 0.3) is 0 Å². The Hall–Kier alpha value is -2.00. The van der Waals surface area contributed by atoms with Crippen LogP contribution in [0.15, 0.2) is 54.6 Å². The van der Waals surface area contributed by atoms with Crippen LogP contribution in [-0.4, -0.2) is 12.5 Å². The van der Waals surface area contributed by atoms with Gasteiger partial charge in [0.2, 0.25) is 5.91 Å². The van der Waals surface area contributed by atoms with Gasteiger partial charge >= 0.3 is 0 Å². The maximum Gasteiger partial charge on any atom is 0.243 e. The Bertz CT molecular complexity index is 528. The molecule has 0 atom stereocenters. The van der Waals surface area contributed by atoms with E-state index < -0.39 is 0 Å². The summed E-state index contributed by atoms with van der Waals surface area (Å²) in [5, 5.41) is 6.40. The number of hydrogen-bond donors (Lipinski definition) is 2. The Labute approximate surface area is 111 Å². The minimum absolute atomic E-state index is 0.110. The summed E-state index contributed by atoms with van der Waals surface area (Å²) in [7, 11) is 0. The molecule has 0 fully saturated rings. The molecule has 2 rings (SSSR count). The van der Waals surface area contributed by atoms with Crippen LogP contribution in [0.1, 0.15) is 0 Å². The Morgan fingerprint density at radius 3 is 2.44 bits per heavy atom. The molecule has 0 aliphatic heterocycles. The molecule has 0 unspecified atom stereocenters. The molecular formula is C14H13ClN2O. The van der Waals surface area contributed by atoms with E-state index in [1.54, 1.807) is 24.3 Å². The molecule has 2 aromatic rings. The molecule has 0 radical (unpaired) electrons. The van der Waals surface area contributed by atoms with Gasteiger partial charge in [-0.15, -0.1) is 0 Å². The average molecular weight is 261 g/mol. The molecule has 0 aliphatic rings. The normalized spacial score (nSPS) is 9.83. The fourth-order valence-electron chi connectivity index (χ4n) is 1.51. The maximum absolute atomic E-state index is 11.7. The van der Waals surface area contributed by atoms with Gasteiger partial charge in [0.15, 0.2) is 0 Å². The summed E-state index contributed by atoms with van der Waals surface area (Å²) in [5.74, 6) is -0.110. The van der Waals surface area contributed by atoms with Crippen LogP contribution in [0.2, 0.25) is 5.02 Å². The van der Waals surface area contributed by atoms with Crippen molar-refractivity contribution >= 4 is 28.9 Å². The molecule has 4 heteroatoms. The second-order valence-corrected chi connectivity index (χ2v) is 4.21. The Morgan fingerprint density at radius 1 is 1.00 bits per heavy atom. The Morgan fingerprint density at radius 2 is 1.72 bits per heavy atom. The van der Waals surface area contributed by atoms with E-state index in [4.69, 9.17) is 11.6 Å². The summed E-state index contributed by atoms with van der Waals surface area (Å²) in [4.78, 5) is 11.7. The smallest absolute Gasteiger partial charge is 0.243 e. The van der Waals surface area contributed by atoms with Gasteiger partial charge in [0.1, 0.15) is 0 Å². The van der Waals surface area contributed by atoms with Crippen LogP contribution < -0.4 is 10.6 Å². The van der Waals surface area contributed by atoms with Crippen LogP contribution in [0.4, 0.5) is 11.4 Å². The summed E-state index contributed by atoms with van der Waals surface area (Å²) < 4.78 is 0. The number of rotatable bonds is 4. The van der Waals surface area contributed by atoms with Gasteiger partial charge in [0.25, 0.3) is 0 Å². The fraction of sp³-hybridized carbons (Fsp3) is 0.0714. The second kappa shape index (κ2) is 6.07. The lowest BCUT2D eigenvalue weighted by Gasteiger charge is -2.07. The Kier molecular flexibility index (Phi) is 4.20. The molecular weight excluding hydrogens is 248 g/mol. The van der Waals surface area contributed by atoms with Crippen molar-refractivity contribution in [2.24, 2.45) is 0 Å². The summed E-state index contributed by atoms with van der Waals surface area (Å²) in [6.07, 6.45) is 0. The van der Waals surface area contributed by atoms with Crippen molar-refractivity contribution in [2.45, 2.75) is 0 Å². The van der Waals surface area contributed by atoms with Gasteiger partial charge in [-0.05, 0) is 30.3 Å². The lowest BCUT2D eigenvalue weighted by molar-refractivity contribution is -0.114. The number of halogens is 1. The maximum atomic E-state index is 11.7. The molecule has 92 valence electrons. The van der Waals surface area contributed by atoms with Crippen LogP contribution >= 0.6 is 11.6 Å². The SMILES string of the molecule is O=C(CNc1ccccc1)Nc1cccc(Cl)c1. The van der Waals surface area contributed by atoms with Gasteiger partial charge in [-0.1, -0.05) is 35.9 Å². The molecule has 0 heterocycles. The Balaban J connectivity index is 1.86. The minimum atomic E-state index is -0.110. The highest BCUT2D eigenvalue weighted by Gasteiger charge is 2.02. The first-order valence-corrected chi connectivity index (χ1v) is 5.96. The average Bonchev–Trinajstić information content (AvgIpc) is 2.38. The van der Waals surface area contributed by atoms with E-state index in [0.717, 1.165) is 5.69 Å². The highest BCUT2D eigenvalue weighted by Crippen LogP contribution is 2.14. The molecule has 3 nitrogen and oxygen atoms in total. The van der Waals surface area contributed by atoms with Crippen molar-refractivity contribution in [3.63, 3.8) is 0 Å². The highest BCUT2D eigenvalue weighted by molar-refractivity contribution is 6.30. The molecule has 2 N–H and O–H groups in total. The highest BCUT2D eigenvalue weighted by atomic mass is 35.5. The number of carbonyl (C=O) groups excluding carboxylic acids is 1. The van der Waals surface area contributed by atoms with Crippen molar-refractivity contribution in [2.75, 3.05) is 17.2 Å². The van der Waals surface area contributed by atoms with E-state index in [-0.39, 0.29) is 12.5 Å². The van der Waals surface area contributed by atoms with Gasteiger partial charge in [0.05, 0.1) is 6.54 Å². The zero-order valence-electron chi connectivity index (χ0n) is 9.69. The third-order valence-corrected chi connectivity index (χ3v) is 2.57. The summed E-state index contributed by atoms with van der Waals surface area (Å²) in [6, 6.07) is 16.6. The molecule has 2 aromatic carbocycles. The number of carbonyl (C=O) groups is 1. The van der Waals surface area contributed by atoms with E-state index in [9.17, 15) is 4.79 Å². The summed E-state index contributed by atoms with van der Waals surface area (Å²) in [5.41, 5.74) is 1.61. The lowest BCUT2D eigenvalue weighted by atomic mass is 10.3. The molecule has 1 amide bonds. The molecule has 0 spiro atoms. The van der Waals surface area contributed by atoms with Crippen LogP contribution in [0, 0.1) is 0 Å². The van der Waals surface area contributed by atoms with E-state index in [1.807, 2.05) is 30.3 Å². The number of para-hydroxylation sites is 1. The van der Waals surface area contributed by atoms with E-state index in [2.05, 4.69) is 10.6 Å². The van der Waals surface area contributed by atoms with Gasteiger partial charge in [0, 0.05) is 16.4 Å². The molecule has 0 aliphatic carbocycles. The van der Waals surface area contributed by atoms with E-state index in [0.29, 0.717) is 10.7 Å². The largest absolute Gasteiger partial charge is 0.376 e. The molecule has 0 aromatic heterocycles. The van der Waals surface area contributed by atoms with E-state index in [1.165, 1.54) is 0 Å². The summed E-state index contributed by atoms with van der Waals surface area (Å²) >= 11 is 5.83. The molecule has 0 bridgehead atoms. The second-order valence-electron chi connectivity index (χ2n) is 3.78. The fourth-order valence-corrected chi connectivity index (χ4v) is 1.70. The first-order valence-electron chi connectivity index (χ1n) is 5.58. The van der Waals surface area contributed by atoms with Gasteiger partial charge in [-0.2, -0.15) is 0 Å². The van der Waals surface area contributed by atoms with Crippen molar-refractivity contribution < 1.29 is 4.79 Å². The zero-order valence-corrected chi connectivity index (χ0v) is 10.4. The van der Waals surface area contributed by atoms with Crippen LogP contribution in [0.5, 0.6) is 0 Å². The topological polar surface area (TPSA) is 41.1 Å². The first-order chi connectivity index (χ1) is 8.74. The zero-order chi connectivity index (χ0) is 12.8. The van der Waals surface area contributed by atoms with Gasteiger partial charge < -0.3 is 10.6 Å². The monoisotopic (exact) mass is 260 g/mol. The predicted molar refractivity (Wildman–Crippen MR) is 75.0 cm³/mol. The van der Waals surface area contributed by atoms with Gasteiger partial charge in [-0.25, -0.2) is 0 Å². The third-order valence-electron chi connectivity index (χ3n) is 2.34. The molecule has 18 heavy (non-hydrogen) atoms. The van der Waals surface area contributed by atoms with Crippen molar-refractivity contribution in [1.82, 2.24) is 0 Å². The molecule has 0 saturated heterocycles. The van der Waals surface area contributed by atoms with Crippen molar-refractivity contribution in [3.8, 4) is 0 Å². The number of nitrogens with one attached hydrogen (secondary N) is 2. The quantitative estimate of drug-likeness (QED) is 0.885. The standard InChI is InChI=1S/C14H13ClN2O/c15-11-5-4-8-13(9-11)17-14(18)10-16-12-6-2-1-3-7-12/h1-9,16H,10H2,(H,17,18). The lowest BCUT2D eigenvalue weighted by Crippen LogP contribution is -2.21. The minimum Gasteiger partial charge on any atom is -0.376 e. The predicted octanol–water partition coefficient (Wildman–Crippen LogP) is 3.39. The number of anilines is 2. The van der Waals surface area contributed by atoms with E-state index >= 15 is 0 Å². The third kappa shape index (κ3) is 3.79. The van der Waals surface area contributed by atoms with Crippen molar-refractivity contribution in [3.05, 3.63) is 59.6 Å². The first kappa shape index (κ1) is 12.5. The number of amides is 1. The number of hydrogen-bond acceptors (Lipinski definition) is 2. The summed E-state index contributed by atoms with van der Waals surface area (Å²) in [6.45, 7) is 0.219. The van der Waals surface area contributed by atoms with Gasteiger partial charge in [-0.3, -0.25) is 4.79 Å². The van der Waals surface area contributed by atoms with Crippen LogP contribution in [0.3, 0.4) is 0 Å². The van der Waals surface area contributed by atoms with Crippen molar-refractivity contribution in [1.29, 1.82) is 0 Å².